The van der Waals surface area contributed by atoms with E-state index < -0.39 is 12.1 Å². The van der Waals surface area contributed by atoms with Crippen molar-refractivity contribution in [2.75, 3.05) is 26.3 Å². The standard InChI is InChI=1S/C14H16ClNO5/c15-10-3-1-2-4-11(10)20-7-5-13(17)16-6-8-21-12(9-16)14(18)19/h1-4,12H,5-9H2,(H,18,19). The summed E-state index contributed by atoms with van der Waals surface area (Å²) in [5.74, 6) is -0.686. The predicted molar refractivity (Wildman–Crippen MR) is 75.5 cm³/mol. The lowest BCUT2D eigenvalue weighted by Gasteiger charge is -2.30. The third kappa shape index (κ3) is 4.34. The molecule has 114 valence electrons. The average molecular weight is 314 g/mol. The maximum atomic E-state index is 12.0. The molecule has 0 spiro atoms. The summed E-state index contributed by atoms with van der Waals surface area (Å²) in [6.45, 7) is 0.890. The number of hydrogen-bond donors (Lipinski definition) is 1. The summed E-state index contributed by atoms with van der Waals surface area (Å²) in [6, 6.07) is 7.02. The molecule has 1 saturated heterocycles. The van der Waals surface area contributed by atoms with Gasteiger partial charge in [-0.15, -0.1) is 0 Å². The van der Waals surface area contributed by atoms with E-state index in [1.54, 1.807) is 24.3 Å². The van der Waals surface area contributed by atoms with E-state index >= 15 is 0 Å². The summed E-state index contributed by atoms with van der Waals surface area (Å²) in [4.78, 5) is 24.3. The van der Waals surface area contributed by atoms with Crippen LogP contribution in [-0.4, -0.2) is 54.3 Å². The molecular weight excluding hydrogens is 298 g/mol. The first kappa shape index (κ1) is 15.6. The van der Waals surface area contributed by atoms with E-state index in [1.165, 1.54) is 4.90 Å². The average Bonchev–Trinajstić information content (AvgIpc) is 2.49. The molecule has 1 aliphatic rings. The van der Waals surface area contributed by atoms with E-state index in [2.05, 4.69) is 0 Å². The molecule has 1 aromatic carbocycles. The van der Waals surface area contributed by atoms with Crippen LogP contribution in [0.4, 0.5) is 0 Å². The van der Waals surface area contributed by atoms with Crippen molar-refractivity contribution in [3.63, 3.8) is 0 Å². The molecule has 0 aromatic heterocycles. The van der Waals surface area contributed by atoms with Crippen molar-refractivity contribution < 1.29 is 24.2 Å². The minimum Gasteiger partial charge on any atom is -0.491 e. The zero-order valence-corrected chi connectivity index (χ0v) is 12.1. The number of nitrogens with zero attached hydrogens (tertiary/aromatic N) is 1. The number of ether oxygens (including phenoxy) is 2. The summed E-state index contributed by atoms with van der Waals surface area (Å²) in [5.41, 5.74) is 0. The maximum absolute atomic E-state index is 12.0. The number of amides is 1. The minimum atomic E-state index is -1.06. The summed E-state index contributed by atoms with van der Waals surface area (Å²) in [5, 5.41) is 9.38. The van der Waals surface area contributed by atoms with Crippen LogP contribution in [0.3, 0.4) is 0 Å². The molecule has 6 nitrogen and oxygen atoms in total. The van der Waals surface area contributed by atoms with Crippen molar-refractivity contribution in [2.24, 2.45) is 0 Å². The second-order valence-corrected chi connectivity index (χ2v) is 4.97. The van der Waals surface area contributed by atoms with Crippen LogP contribution < -0.4 is 4.74 Å². The molecule has 0 bridgehead atoms. The van der Waals surface area contributed by atoms with Gasteiger partial charge in [-0.2, -0.15) is 0 Å². The molecule has 1 atom stereocenters. The fraction of sp³-hybridized carbons (Fsp3) is 0.429. The Bertz CT molecular complexity index is 522. The van der Waals surface area contributed by atoms with Crippen LogP contribution in [0.25, 0.3) is 0 Å². The monoisotopic (exact) mass is 313 g/mol. The molecular formula is C14H16ClNO5. The lowest BCUT2D eigenvalue weighted by Crippen LogP contribution is -2.48. The fourth-order valence-electron chi connectivity index (χ4n) is 1.99. The Labute approximate surface area is 127 Å². The van der Waals surface area contributed by atoms with Gasteiger partial charge in [-0.3, -0.25) is 4.79 Å². The van der Waals surface area contributed by atoms with Crippen molar-refractivity contribution in [3.05, 3.63) is 29.3 Å². The molecule has 1 fully saturated rings. The smallest absolute Gasteiger partial charge is 0.334 e. The van der Waals surface area contributed by atoms with Crippen LogP contribution >= 0.6 is 11.6 Å². The summed E-state index contributed by atoms with van der Waals surface area (Å²) in [6.07, 6.45) is -0.787. The number of hydrogen-bond acceptors (Lipinski definition) is 4. The van der Waals surface area contributed by atoms with Crippen molar-refractivity contribution in [1.82, 2.24) is 4.90 Å². The molecule has 0 radical (unpaired) electrons. The van der Waals surface area contributed by atoms with Gasteiger partial charge in [0.05, 0.1) is 31.2 Å². The zero-order valence-electron chi connectivity index (χ0n) is 11.3. The number of carboxylic acid groups (broad SMARTS) is 1. The van der Waals surface area contributed by atoms with E-state index in [4.69, 9.17) is 26.2 Å². The number of morpholine rings is 1. The fourth-order valence-corrected chi connectivity index (χ4v) is 2.18. The van der Waals surface area contributed by atoms with Crippen molar-refractivity contribution in [1.29, 1.82) is 0 Å². The van der Waals surface area contributed by atoms with Gasteiger partial charge in [0.15, 0.2) is 6.10 Å². The van der Waals surface area contributed by atoms with Gasteiger partial charge >= 0.3 is 5.97 Å². The largest absolute Gasteiger partial charge is 0.491 e. The molecule has 2 rings (SSSR count). The van der Waals surface area contributed by atoms with Crippen LogP contribution in [0.5, 0.6) is 5.75 Å². The molecule has 1 amide bonds. The SMILES string of the molecule is O=C(O)C1CN(C(=O)CCOc2ccccc2Cl)CCO1. The van der Waals surface area contributed by atoms with E-state index in [0.717, 1.165) is 0 Å². The molecule has 1 unspecified atom stereocenters. The van der Waals surface area contributed by atoms with Crippen LogP contribution in [0.1, 0.15) is 6.42 Å². The molecule has 1 aromatic rings. The van der Waals surface area contributed by atoms with Gasteiger partial charge in [-0.25, -0.2) is 4.79 Å². The first-order valence-corrected chi connectivity index (χ1v) is 6.95. The number of para-hydroxylation sites is 1. The number of aliphatic carboxylic acids is 1. The number of halogens is 1. The predicted octanol–water partition coefficient (Wildman–Crippen LogP) is 1.42. The summed E-state index contributed by atoms with van der Waals surface area (Å²) < 4.78 is 10.5. The first-order chi connectivity index (χ1) is 10.1. The van der Waals surface area contributed by atoms with Crippen molar-refractivity contribution in [2.45, 2.75) is 12.5 Å². The quantitative estimate of drug-likeness (QED) is 0.889. The molecule has 7 heteroatoms. The van der Waals surface area contributed by atoms with Crippen molar-refractivity contribution in [3.8, 4) is 5.75 Å². The van der Waals surface area contributed by atoms with Crippen LogP contribution in [-0.2, 0) is 14.3 Å². The van der Waals surface area contributed by atoms with Crippen LogP contribution in [0.15, 0.2) is 24.3 Å². The lowest BCUT2D eigenvalue weighted by molar-refractivity contribution is -0.159. The lowest BCUT2D eigenvalue weighted by atomic mass is 10.2. The Morgan fingerprint density at radius 1 is 1.43 bits per heavy atom. The van der Waals surface area contributed by atoms with Gasteiger partial charge in [0.25, 0.3) is 0 Å². The van der Waals surface area contributed by atoms with Crippen LogP contribution in [0.2, 0.25) is 5.02 Å². The summed E-state index contributed by atoms with van der Waals surface area (Å²) >= 11 is 5.94. The Kier molecular flexibility index (Phi) is 5.41. The zero-order chi connectivity index (χ0) is 15.2. The van der Waals surface area contributed by atoms with E-state index in [9.17, 15) is 9.59 Å². The van der Waals surface area contributed by atoms with Gasteiger partial charge in [0.1, 0.15) is 5.75 Å². The van der Waals surface area contributed by atoms with Gasteiger partial charge in [0, 0.05) is 6.54 Å². The molecule has 1 heterocycles. The summed E-state index contributed by atoms with van der Waals surface area (Å²) in [7, 11) is 0. The highest BCUT2D eigenvalue weighted by atomic mass is 35.5. The van der Waals surface area contributed by atoms with Gasteiger partial charge in [-0.05, 0) is 12.1 Å². The number of benzene rings is 1. The number of carbonyl (C=O) groups is 2. The number of carboxylic acids is 1. The molecule has 0 aliphatic carbocycles. The normalized spacial score (nSPS) is 18.3. The second kappa shape index (κ2) is 7.28. The van der Waals surface area contributed by atoms with Gasteiger partial charge in [0.2, 0.25) is 5.91 Å². The number of rotatable bonds is 5. The number of carbonyl (C=O) groups excluding carboxylic acids is 1. The third-order valence-electron chi connectivity index (χ3n) is 3.10. The molecule has 1 N–H and O–H groups in total. The Morgan fingerprint density at radius 2 is 2.19 bits per heavy atom. The highest BCUT2D eigenvalue weighted by Crippen LogP contribution is 2.23. The van der Waals surface area contributed by atoms with E-state index in [-0.39, 0.29) is 32.1 Å². The van der Waals surface area contributed by atoms with E-state index in [0.29, 0.717) is 17.3 Å². The van der Waals surface area contributed by atoms with Gasteiger partial charge in [-0.1, -0.05) is 23.7 Å². The topological polar surface area (TPSA) is 76.1 Å². The highest BCUT2D eigenvalue weighted by molar-refractivity contribution is 6.32. The van der Waals surface area contributed by atoms with Gasteiger partial charge < -0.3 is 19.5 Å². The van der Waals surface area contributed by atoms with E-state index in [1.807, 2.05) is 0 Å². The Hall–Kier alpha value is -1.79. The molecule has 21 heavy (non-hydrogen) atoms. The minimum absolute atomic E-state index is 0.0697. The Balaban J connectivity index is 1.79. The highest BCUT2D eigenvalue weighted by Gasteiger charge is 2.28. The Morgan fingerprint density at radius 3 is 2.90 bits per heavy atom. The molecule has 1 aliphatic heterocycles. The van der Waals surface area contributed by atoms with Crippen LogP contribution in [0, 0.1) is 0 Å². The second-order valence-electron chi connectivity index (χ2n) is 4.57. The first-order valence-electron chi connectivity index (χ1n) is 6.57. The van der Waals surface area contributed by atoms with Crippen molar-refractivity contribution >= 4 is 23.5 Å². The maximum Gasteiger partial charge on any atom is 0.334 e. The third-order valence-corrected chi connectivity index (χ3v) is 3.42. The molecule has 0 saturated carbocycles.